The van der Waals surface area contributed by atoms with Crippen LogP contribution in [0.1, 0.15) is 5.56 Å². The maximum atomic E-state index is 12.1. The number of methoxy groups -OCH3 is 1. The summed E-state index contributed by atoms with van der Waals surface area (Å²) in [6.45, 7) is 0. The van der Waals surface area contributed by atoms with Crippen LogP contribution in [0.2, 0.25) is 0 Å². The van der Waals surface area contributed by atoms with Crippen molar-refractivity contribution in [2.75, 3.05) is 7.11 Å². The van der Waals surface area contributed by atoms with E-state index in [1.54, 1.807) is 0 Å². The number of halogens is 3. The molecule has 0 saturated heterocycles. The summed E-state index contributed by atoms with van der Waals surface area (Å²) in [6, 6.07) is 3.88. The molecule has 0 unspecified atom stereocenters. The lowest BCUT2D eigenvalue weighted by molar-refractivity contribution is -0.275. The van der Waals surface area contributed by atoms with Gasteiger partial charge in [-0.15, -0.1) is 13.2 Å². The molecule has 0 atom stereocenters. The molecule has 94 valence electrons. The summed E-state index contributed by atoms with van der Waals surface area (Å²) < 4.78 is 44.9. The molecule has 0 amide bonds. The molecule has 1 N–H and O–H groups in total. The number of hydrogen-bond acceptors (Lipinski definition) is 3. The van der Waals surface area contributed by atoms with Crippen LogP contribution in [0.4, 0.5) is 13.2 Å². The average Bonchev–Trinajstić information content (AvgIpc) is 2.17. The highest BCUT2D eigenvalue weighted by Gasteiger charge is 2.33. The standard InChI is InChI=1S/C10H9F3O4/c1-16-7-4-2-3-6(5-8(14)15)9(7)17-10(11,12)13/h2-4H,5H2,1H3,(H,14,15). The maximum Gasteiger partial charge on any atom is 0.573 e. The highest BCUT2D eigenvalue weighted by molar-refractivity contribution is 5.72. The molecular formula is C10H9F3O4. The molecule has 7 heteroatoms. The van der Waals surface area contributed by atoms with Crippen LogP contribution in [0.3, 0.4) is 0 Å². The largest absolute Gasteiger partial charge is 0.573 e. The predicted molar refractivity (Wildman–Crippen MR) is 51.0 cm³/mol. The number of carbonyl (C=O) groups is 1. The van der Waals surface area contributed by atoms with Gasteiger partial charge >= 0.3 is 12.3 Å². The van der Waals surface area contributed by atoms with E-state index in [1.807, 2.05) is 0 Å². The fourth-order valence-electron chi connectivity index (χ4n) is 1.26. The summed E-state index contributed by atoms with van der Waals surface area (Å²) in [6.07, 6.45) is -5.48. The Morgan fingerprint density at radius 1 is 1.41 bits per heavy atom. The number of alkyl halides is 3. The van der Waals surface area contributed by atoms with Gasteiger partial charge in [0, 0.05) is 5.56 Å². The molecule has 0 heterocycles. The Balaban J connectivity index is 3.15. The molecular weight excluding hydrogens is 241 g/mol. The number of hydrogen-bond donors (Lipinski definition) is 1. The summed E-state index contributed by atoms with van der Waals surface area (Å²) in [5.41, 5.74) is -0.103. The molecule has 1 rings (SSSR count). The van der Waals surface area contributed by atoms with Gasteiger partial charge in [-0.05, 0) is 6.07 Å². The van der Waals surface area contributed by atoms with Crippen molar-refractivity contribution in [3.8, 4) is 11.5 Å². The maximum absolute atomic E-state index is 12.1. The van der Waals surface area contributed by atoms with Crippen molar-refractivity contribution in [2.24, 2.45) is 0 Å². The SMILES string of the molecule is COc1cccc(CC(=O)O)c1OC(F)(F)F. The van der Waals surface area contributed by atoms with Crippen LogP contribution in [0, 0.1) is 0 Å². The van der Waals surface area contributed by atoms with Crippen LogP contribution >= 0.6 is 0 Å². The zero-order chi connectivity index (χ0) is 13.1. The van der Waals surface area contributed by atoms with Gasteiger partial charge in [0.25, 0.3) is 0 Å². The second kappa shape index (κ2) is 4.94. The van der Waals surface area contributed by atoms with E-state index in [-0.39, 0.29) is 11.3 Å². The Morgan fingerprint density at radius 3 is 2.53 bits per heavy atom. The third kappa shape index (κ3) is 3.86. The molecule has 4 nitrogen and oxygen atoms in total. The van der Waals surface area contributed by atoms with Crippen LogP contribution in [0.25, 0.3) is 0 Å². The van der Waals surface area contributed by atoms with Crippen molar-refractivity contribution in [3.63, 3.8) is 0 Å². The molecule has 0 aromatic heterocycles. The van der Waals surface area contributed by atoms with Crippen molar-refractivity contribution in [3.05, 3.63) is 23.8 Å². The number of para-hydroxylation sites is 1. The van der Waals surface area contributed by atoms with Gasteiger partial charge in [-0.25, -0.2) is 0 Å². The summed E-state index contributed by atoms with van der Waals surface area (Å²) in [5.74, 6) is -2.05. The van der Waals surface area contributed by atoms with Gasteiger partial charge in [0.15, 0.2) is 11.5 Å². The summed E-state index contributed by atoms with van der Waals surface area (Å²) in [7, 11) is 1.17. The number of carboxylic acid groups (broad SMARTS) is 1. The van der Waals surface area contributed by atoms with Crippen molar-refractivity contribution >= 4 is 5.97 Å². The van der Waals surface area contributed by atoms with Crippen LogP contribution in [0.15, 0.2) is 18.2 Å². The molecule has 1 aromatic rings. The van der Waals surface area contributed by atoms with Gasteiger partial charge in [-0.2, -0.15) is 0 Å². The van der Waals surface area contributed by atoms with E-state index in [2.05, 4.69) is 4.74 Å². The first-order valence-corrected chi connectivity index (χ1v) is 4.47. The van der Waals surface area contributed by atoms with Gasteiger partial charge in [0.1, 0.15) is 0 Å². The fraction of sp³-hybridized carbons (Fsp3) is 0.300. The lowest BCUT2D eigenvalue weighted by Gasteiger charge is -2.15. The Bertz CT molecular complexity index is 415. The minimum atomic E-state index is -4.90. The van der Waals surface area contributed by atoms with E-state index >= 15 is 0 Å². The number of benzene rings is 1. The number of rotatable bonds is 4. The lowest BCUT2D eigenvalue weighted by Crippen LogP contribution is -2.19. The number of aliphatic carboxylic acids is 1. The van der Waals surface area contributed by atoms with Crippen LogP contribution in [-0.2, 0) is 11.2 Å². The van der Waals surface area contributed by atoms with Gasteiger partial charge < -0.3 is 14.6 Å². The number of ether oxygens (including phenoxy) is 2. The van der Waals surface area contributed by atoms with Gasteiger partial charge in [0.2, 0.25) is 0 Å². The van der Waals surface area contributed by atoms with Crippen LogP contribution < -0.4 is 9.47 Å². The van der Waals surface area contributed by atoms with Crippen molar-refractivity contribution in [2.45, 2.75) is 12.8 Å². The van der Waals surface area contributed by atoms with Crippen molar-refractivity contribution in [1.29, 1.82) is 0 Å². The molecule has 0 saturated carbocycles. The Labute approximate surface area is 94.6 Å². The zero-order valence-electron chi connectivity index (χ0n) is 8.75. The van der Waals surface area contributed by atoms with E-state index in [9.17, 15) is 18.0 Å². The predicted octanol–water partition coefficient (Wildman–Crippen LogP) is 2.22. The van der Waals surface area contributed by atoms with Gasteiger partial charge in [-0.1, -0.05) is 12.1 Å². The third-order valence-electron chi connectivity index (χ3n) is 1.84. The zero-order valence-corrected chi connectivity index (χ0v) is 8.75. The van der Waals surface area contributed by atoms with Crippen LogP contribution in [0.5, 0.6) is 11.5 Å². The average molecular weight is 250 g/mol. The molecule has 0 aliphatic carbocycles. The van der Waals surface area contributed by atoms with Crippen LogP contribution in [-0.4, -0.2) is 24.5 Å². The molecule has 0 radical (unpaired) electrons. The fourth-order valence-corrected chi connectivity index (χ4v) is 1.26. The first kappa shape index (κ1) is 13.1. The Morgan fingerprint density at radius 2 is 2.06 bits per heavy atom. The van der Waals surface area contributed by atoms with Crippen molar-refractivity contribution in [1.82, 2.24) is 0 Å². The second-order valence-electron chi connectivity index (χ2n) is 3.07. The first-order chi connectivity index (χ1) is 7.83. The van der Waals surface area contributed by atoms with E-state index in [0.29, 0.717) is 0 Å². The minimum Gasteiger partial charge on any atom is -0.493 e. The number of carboxylic acids is 1. The highest BCUT2D eigenvalue weighted by atomic mass is 19.4. The molecule has 0 fully saturated rings. The summed E-state index contributed by atoms with van der Waals surface area (Å²) in [4.78, 5) is 10.5. The smallest absolute Gasteiger partial charge is 0.493 e. The Hall–Kier alpha value is -1.92. The van der Waals surface area contributed by atoms with Crippen molar-refractivity contribution < 1.29 is 32.5 Å². The van der Waals surface area contributed by atoms with E-state index in [1.165, 1.54) is 25.3 Å². The minimum absolute atomic E-state index is 0.103. The molecule has 0 aliphatic heterocycles. The summed E-state index contributed by atoms with van der Waals surface area (Å²) in [5, 5.41) is 8.58. The van der Waals surface area contributed by atoms with E-state index < -0.39 is 24.5 Å². The van der Waals surface area contributed by atoms with E-state index in [0.717, 1.165) is 0 Å². The molecule has 0 aliphatic rings. The normalized spacial score (nSPS) is 11.1. The first-order valence-electron chi connectivity index (χ1n) is 4.47. The van der Waals surface area contributed by atoms with Gasteiger partial charge in [-0.3, -0.25) is 4.79 Å². The highest BCUT2D eigenvalue weighted by Crippen LogP contribution is 2.35. The quantitative estimate of drug-likeness (QED) is 0.890. The molecule has 17 heavy (non-hydrogen) atoms. The lowest BCUT2D eigenvalue weighted by atomic mass is 10.1. The Kier molecular flexibility index (Phi) is 3.82. The monoisotopic (exact) mass is 250 g/mol. The van der Waals surface area contributed by atoms with E-state index in [4.69, 9.17) is 9.84 Å². The summed E-state index contributed by atoms with van der Waals surface area (Å²) >= 11 is 0. The molecule has 1 aromatic carbocycles. The third-order valence-corrected chi connectivity index (χ3v) is 1.84. The van der Waals surface area contributed by atoms with Gasteiger partial charge in [0.05, 0.1) is 13.5 Å². The molecule has 0 spiro atoms. The topological polar surface area (TPSA) is 55.8 Å². The molecule has 0 bridgehead atoms. The second-order valence-corrected chi connectivity index (χ2v) is 3.07.